The van der Waals surface area contributed by atoms with E-state index in [0.717, 1.165) is 35.5 Å². The maximum atomic E-state index is 12.0. The number of methoxy groups -OCH3 is 2. The zero-order valence-electron chi connectivity index (χ0n) is 21.6. The third kappa shape index (κ3) is 11.4. The van der Waals surface area contributed by atoms with Crippen molar-refractivity contribution in [2.75, 3.05) is 20.8 Å². The van der Waals surface area contributed by atoms with Gasteiger partial charge in [0.15, 0.2) is 0 Å². The number of unbranched alkanes of at least 4 members (excludes halogenated alkanes) is 4. The number of nitrogens with one attached hydrogen (secondary N) is 1. The van der Waals surface area contributed by atoms with Crippen LogP contribution in [0.4, 0.5) is 0 Å². The molecule has 0 heterocycles. The molecular weight excluding hydrogens is 442 g/mol. The third-order valence-corrected chi connectivity index (χ3v) is 5.66. The van der Waals surface area contributed by atoms with Gasteiger partial charge in [-0.1, -0.05) is 62.6 Å². The smallest absolute Gasteiger partial charge is 0.217 e. The topological polar surface area (TPSA) is 66.0 Å². The zero-order chi connectivity index (χ0) is 25.3. The van der Waals surface area contributed by atoms with E-state index < -0.39 is 0 Å². The number of hydrogen-bond acceptors (Lipinski definition) is 5. The summed E-state index contributed by atoms with van der Waals surface area (Å²) in [6.45, 7) is 4.92. The lowest BCUT2D eigenvalue weighted by atomic mass is 10.1. The van der Waals surface area contributed by atoms with Gasteiger partial charge in [-0.2, -0.15) is 0 Å². The summed E-state index contributed by atoms with van der Waals surface area (Å²) in [5.74, 6) is 1.50. The van der Waals surface area contributed by atoms with E-state index in [0.29, 0.717) is 19.8 Å². The molecule has 6 nitrogen and oxygen atoms in total. The first-order valence-electron chi connectivity index (χ1n) is 12.4. The molecule has 6 heteroatoms. The quantitative estimate of drug-likeness (QED) is 0.226. The van der Waals surface area contributed by atoms with Crippen molar-refractivity contribution < 1.29 is 23.7 Å². The van der Waals surface area contributed by atoms with E-state index in [4.69, 9.17) is 18.9 Å². The lowest BCUT2D eigenvalue weighted by Crippen LogP contribution is -2.46. The number of allylic oxidation sites excluding steroid dienone is 1. The Bertz CT molecular complexity index is 864. The predicted octanol–water partition coefficient (Wildman–Crippen LogP) is 5.84. The minimum atomic E-state index is -0.317. The number of rotatable bonds is 17. The fraction of sp³-hybridized carbons (Fsp3) is 0.483. The first kappa shape index (κ1) is 28.4. The molecule has 2 atom stereocenters. The van der Waals surface area contributed by atoms with Crippen LogP contribution in [0, 0.1) is 0 Å². The van der Waals surface area contributed by atoms with Gasteiger partial charge in [0.25, 0.3) is 0 Å². The normalized spacial score (nSPS) is 12.9. The molecule has 0 bridgehead atoms. The van der Waals surface area contributed by atoms with Gasteiger partial charge in [-0.3, -0.25) is 4.79 Å². The van der Waals surface area contributed by atoms with Gasteiger partial charge < -0.3 is 24.3 Å². The largest absolute Gasteiger partial charge is 0.497 e. The third-order valence-electron chi connectivity index (χ3n) is 5.66. The van der Waals surface area contributed by atoms with Crippen LogP contribution in [0.3, 0.4) is 0 Å². The van der Waals surface area contributed by atoms with E-state index in [2.05, 4.69) is 24.4 Å². The summed E-state index contributed by atoms with van der Waals surface area (Å²) < 4.78 is 22.7. The first-order chi connectivity index (χ1) is 17.0. The molecule has 0 saturated carbocycles. The van der Waals surface area contributed by atoms with E-state index >= 15 is 0 Å². The van der Waals surface area contributed by atoms with Crippen molar-refractivity contribution in [3.05, 3.63) is 71.8 Å². The number of carbonyl (C=O) groups excluding carboxylic acids is 1. The monoisotopic (exact) mass is 483 g/mol. The van der Waals surface area contributed by atoms with Gasteiger partial charge in [-0.05, 0) is 48.2 Å². The highest BCUT2D eigenvalue weighted by molar-refractivity contribution is 5.73. The fourth-order valence-corrected chi connectivity index (χ4v) is 3.64. The highest BCUT2D eigenvalue weighted by Gasteiger charge is 2.21. The van der Waals surface area contributed by atoms with Crippen LogP contribution in [0.5, 0.6) is 11.5 Å². The lowest BCUT2D eigenvalue weighted by molar-refractivity contribution is -0.121. The summed E-state index contributed by atoms with van der Waals surface area (Å²) in [4.78, 5) is 12.0. The Labute approximate surface area is 210 Å². The number of carbonyl (C=O) groups is 1. The minimum absolute atomic E-state index is 0.113. The van der Waals surface area contributed by atoms with E-state index in [1.165, 1.54) is 26.2 Å². The Morgan fingerprint density at radius 2 is 1.49 bits per heavy atom. The molecule has 0 aliphatic heterocycles. The Balaban J connectivity index is 2.03. The maximum Gasteiger partial charge on any atom is 0.217 e. The first-order valence-corrected chi connectivity index (χ1v) is 12.4. The summed E-state index contributed by atoms with van der Waals surface area (Å²) in [6, 6.07) is 15.3. The molecule has 1 amide bonds. The highest BCUT2D eigenvalue weighted by atomic mass is 16.5. The molecule has 0 saturated heterocycles. The Hall–Kier alpha value is -2.83. The summed E-state index contributed by atoms with van der Waals surface area (Å²) in [6.07, 6.45) is 9.73. The Morgan fingerprint density at radius 1 is 0.886 bits per heavy atom. The number of benzene rings is 2. The van der Waals surface area contributed by atoms with E-state index in [9.17, 15) is 4.79 Å². The fourth-order valence-electron chi connectivity index (χ4n) is 3.64. The number of amides is 1. The summed E-state index contributed by atoms with van der Waals surface area (Å²) in [7, 11) is 3.30. The van der Waals surface area contributed by atoms with Gasteiger partial charge >= 0.3 is 0 Å². The van der Waals surface area contributed by atoms with Crippen molar-refractivity contribution in [3.63, 3.8) is 0 Å². The van der Waals surface area contributed by atoms with Crippen molar-refractivity contribution in [2.24, 2.45) is 0 Å². The standard InChI is InChI=1S/C29H41NO5/c1-5-6-7-8-9-10-11-29(35-21-25-14-18-27(33-4)19-15-25)28(30-23(2)31)22-34-20-24-12-16-26(32-3)17-13-24/h10-19,28-29H,5-9,20-22H2,1-4H3,(H,30,31)/b11-10+/t28-,29-/m1/s1. The van der Waals surface area contributed by atoms with Gasteiger partial charge in [-0.25, -0.2) is 0 Å². The Kier molecular flexibility index (Phi) is 13.6. The molecule has 0 aromatic heterocycles. The molecular formula is C29H41NO5. The van der Waals surface area contributed by atoms with Crippen molar-refractivity contribution in [3.8, 4) is 11.5 Å². The van der Waals surface area contributed by atoms with Crippen molar-refractivity contribution in [1.82, 2.24) is 5.32 Å². The van der Waals surface area contributed by atoms with Crippen LogP contribution >= 0.6 is 0 Å². The van der Waals surface area contributed by atoms with Crippen LogP contribution in [0.15, 0.2) is 60.7 Å². The lowest BCUT2D eigenvalue weighted by Gasteiger charge is -2.26. The maximum absolute atomic E-state index is 12.0. The zero-order valence-corrected chi connectivity index (χ0v) is 21.6. The molecule has 0 radical (unpaired) electrons. The molecule has 192 valence electrons. The van der Waals surface area contributed by atoms with Crippen LogP contribution in [0.25, 0.3) is 0 Å². The summed E-state index contributed by atoms with van der Waals surface area (Å²) >= 11 is 0. The van der Waals surface area contributed by atoms with E-state index in [-0.39, 0.29) is 18.1 Å². The second-order valence-corrected chi connectivity index (χ2v) is 8.57. The number of ether oxygens (including phenoxy) is 4. The van der Waals surface area contributed by atoms with E-state index in [1.54, 1.807) is 14.2 Å². The molecule has 0 aliphatic rings. The van der Waals surface area contributed by atoms with Crippen molar-refractivity contribution in [1.29, 1.82) is 0 Å². The SMILES string of the molecule is CCCCCC/C=C/[C@@H](OCc1ccc(OC)cc1)[C@@H](COCc1ccc(OC)cc1)NC(C)=O. The van der Waals surface area contributed by atoms with Gasteiger partial charge in [0, 0.05) is 6.92 Å². The van der Waals surface area contributed by atoms with Crippen LogP contribution in [-0.4, -0.2) is 38.9 Å². The molecule has 0 unspecified atom stereocenters. The van der Waals surface area contributed by atoms with Crippen molar-refractivity contribution >= 4 is 5.91 Å². The minimum Gasteiger partial charge on any atom is -0.497 e. The van der Waals surface area contributed by atoms with Gasteiger partial charge in [0.05, 0.1) is 46.2 Å². The summed E-state index contributed by atoms with van der Waals surface area (Å²) in [5.41, 5.74) is 2.07. The molecule has 2 aromatic rings. The van der Waals surface area contributed by atoms with Crippen LogP contribution in [0.1, 0.15) is 57.1 Å². The Morgan fingerprint density at radius 3 is 2.03 bits per heavy atom. The molecule has 0 fully saturated rings. The molecule has 0 spiro atoms. The second-order valence-electron chi connectivity index (χ2n) is 8.57. The van der Waals surface area contributed by atoms with Gasteiger partial charge in [0.2, 0.25) is 5.91 Å². The molecule has 35 heavy (non-hydrogen) atoms. The number of hydrogen-bond donors (Lipinski definition) is 1. The van der Waals surface area contributed by atoms with Gasteiger partial charge in [0.1, 0.15) is 11.5 Å². The van der Waals surface area contributed by atoms with Gasteiger partial charge in [-0.15, -0.1) is 0 Å². The highest BCUT2D eigenvalue weighted by Crippen LogP contribution is 2.16. The van der Waals surface area contributed by atoms with Crippen LogP contribution in [-0.2, 0) is 27.5 Å². The average molecular weight is 484 g/mol. The van der Waals surface area contributed by atoms with Crippen molar-refractivity contribution in [2.45, 2.75) is 71.3 Å². The second kappa shape index (κ2) is 16.7. The predicted molar refractivity (Wildman–Crippen MR) is 140 cm³/mol. The van der Waals surface area contributed by atoms with E-state index in [1.807, 2.05) is 48.5 Å². The average Bonchev–Trinajstić information content (AvgIpc) is 2.87. The molecule has 2 rings (SSSR count). The summed E-state index contributed by atoms with van der Waals surface area (Å²) in [5, 5.41) is 3.02. The molecule has 1 N–H and O–H groups in total. The van der Waals surface area contributed by atoms with Crippen LogP contribution in [0.2, 0.25) is 0 Å². The molecule has 0 aliphatic carbocycles. The molecule has 2 aromatic carbocycles. The van der Waals surface area contributed by atoms with Crippen LogP contribution < -0.4 is 14.8 Å².